The Labute approximate surface area is 256 Å². The van der Waals surface area contributed by atoms with E-state index < -0.39 is 23.5 Å². The maximum absolute atomic E-state index is 12.8. The van der Waals surface area contributed by atoms with E-state index in [0.717, 1.165) is 51.9 Å². The summed E-state index contributed by atoms with van der Waals surface area (Å²) in [7, 11) is 4.06. The first-order valence-electron chi connectivity index (χ1n) is 13.8. The number of anilines is 2. The molecule has 3 atom stereocenters. The molecule has 2 unspecified atom stereocenters. The number of nitrogens with one attached hydrogen (secondary N) is 1. The number of aliphatic carboxylic acids is 1. The first-order chi connectivity index (χ1) is 20.8. The highest BCUT2D eigenvalue weighted by Gasteiger charge is 2.35. The van der Waals surface area contributed by atoms with Crippen molar-refractivity contribution in [3.8, 4) is 0 Å². The molecule has 4 aromatic rings. The number of amides is 1. The maximum Gasteiger partial charge on any atom is 0.416 e. The van der Waals surface area contributed by atoms with Crippen molar-refractivity contribution in [2.24, 2.45) is 18.7 Å². The predicted octanol–water partition coefficient (Wildman–Crippen LogP) is 6.73. The fourth-order valence-corrected chi connectivity index (χ4v) is 6.07. The molecule has 0 radical (unpaired) electrons. The molecule has 1 heterocycles. The lowest BCUT2D eigenvalue weighted by atomic mass is 9.74. The molecule has 1 saturated carbocycles. The highest BCUT2D eigenvalue weighted by molar-refractivity contribution is 8.00. The van der Waals surface area contributed by atoms with Crippen molar-refractivity contribution in [1.29, 1.82) is 0 Å². The van der Waals surface area contributed by atoms with Crippen molar-refractivity contribution in [2.75, 3.05) is 16.7 Å². The molecule has 1 amide bonds. The van der Waals surface area contributed by atoms with Crippen molar-refractivity contribution >= 4 is 46.7 Å². The highest BCUT2D eigenvalue weighted by Crippen LogP contribution is 2.39. The van der Waals surface area contributed by atoms with Gasteiger partial charge in [-0.2, -0.15) is 13.2 Å². The third-order valence-corrected chi connectivity index (χ3v) is 8.67. The van der Waals surface area contributed by atoms with Gasteiger partial charge in [-0.05, 0) is 98.1 Å². The molecule has 1 aliphatic carbocycles. The molecule has 1 aliphatic rings. The maximum atomic E-state index is 12.8. The average molecular weight is 632 g/mol. The Morgan fingerprint density at radius 3 is 2.45 bits per heavy atom. The molecule has 4 N–H and O–H groups in total. The summed E-state index contributed by atoms with van der Waals surface area (Å²) < 4.78 is 53.1. The summed E-state index contributed by atoms with van der Waals surface area (Å²) in [6.45, 7) is 2.01. The number of carbonyl (C=O) groups excluding carboxylic acids is 1. The Bertz CT molecular complexity index is 1630. The van der Waals surface area contributed by atoms with Crippen LogP contribution in [0.5, 0.6) is 0 Å². The Balaban J connectivity index is 0.000000265. The quantitative estimate of drug-likeness (QED) is 0.118. The number of hydrogen-bond donors (Lipinski definition) is 3. The van der Waals surface area contributed by atoms with Crippen molar-refractivity contribution in [1.82, 2.24) is 9.55 Å². The van der Waals surface area contributed by atoms with E-state index in [0.29, 0.717) is 18.6 Å². The molecule has 1 aromatic heterocycles. The summed E-state index contributed by atoms with van der Waals surface area (Å²) in [5.41, 5.74) is 9.00. The SMILES string of the molecule is Cc1nc2cc(SN(C)c3ccc([C@@H]4CC(N)CCC4C(=O)O)cc3)ccc2n1C.O=CNc1ccc(C(F)(F)F)cc1F. The first-order valence-corrected chi connectivity index (χ1v) is 14.6. The van der Waals surface area contributed by atoms with E-state index in [1.54, 1.807) is 11.9 Å². The second-order valence-corrected chi connectivity index (χ2v) is 11.8. The van der Waals surface area contributed by atoms with Crippen LogP contribution in [-0.4, -0.2) is 40.1 Å². The smallest absolute Gasteiger partial charge is 0.416 e. The summed E-state index contributed by atoms with van der Waals surface area (Å²) in [6, 6.07) is 16.5. The zero-order valence-electron chi connectivity index (χ0n) is 24.3. The van der Waals surface area contributed by atoms with Crippen LogP contribution in [0.1, 0.15) is 42.1 Å². The fraction of sp³-hybridized carbons (Fsp3) is 0.323. The molecule has 3 aromatic carbocycles. The van der Waals surface area contributed by atoms with Gasteiger partial charge in [0, 0.05) is 30.7 Å². The number of nitrogens with two attached hydrogens (primary N) is 1. The molecule has 234 valence electrons. The van der Waals surface area contributed by atoms with E-state index in [9.17, 15) is 32.3 Å². The number of nitrogens with zero attached hydrogens (tertiary/aromatic N) is 3. The van der Waals surface area contributed by atoms with Crippen LogP contribution in [-0.2, 0) is 22.8 Å². The number of rotatable bonds is 7. The van der Waals surface area contributed by atoms with Gasteiger partial charge in [0.1, 0.15) is 11.6 Å². The van der Waals surface area contributed by atoms with Crippen LogP contribution >= 0.6 is 11.9 Å². The highest BCUT2D eigenvalue weighted by atomic mass is 32.2. The lowest BCUT2D eigenvalue weighted by molar-refractivity contribution is -0.143. The summed E-state index contributed by atoms with van der Waals surface area (Å²) in [5, 5.41) is 11.5. The van der Waals surface area contributed by atoms with Gasteiger partial charge < -0.3 is 25.0 Å². The van der Waals surface area contributed by atoms with E-state index in [1.165, 1.54) is 0 Å². The molecular weight excluding hydrogens is 598 g/mol. The number of benzene rings is 3. The number of hydrogen-bond acceptors (Lipinski definition) is 6. The zero-order chi connectivity index (χ0) is 32.2. The minimum Gasteiger partial charge on any atom is -0.481 e. The van der Waals surface area contributed by atoms with Crippen molar-refractivity contribution in [3.63, 3.8) is 0 Å². The second kappa shape index (κ2) is 13.7. The summed E-state index contributed by atoms with van der Waals surface area (Å²) in [6.07, 6.45) is -2.24. The molecule has 5 rings (SSSR count). The fourth-order valence-electron chi connectivity index (χ4n) is 5.24. The van der Waals surface area contributed by atoms with Crippen LogP contribution in [0, 0.1) is 18.7 Å². The lowest BCUT2D eigenvalue weighted by Gasteiger charge is -2.32. The molecule has 0 bridgehead atoms. The molecule has 8 nitrogen and oxygen atoms in total. The van der Waals surface area contributed by atoms with Gasteiger partial charge in [0.05, 0.1) is 28.2 Å². The first kappa shape index (κ1) is 32.8. The van der Waals surface area contributed by atoms with Crippen molar-refractivity contribution < 1.29 is 32.3 Å². The molecular formula is C31H33F4N5O3S. The number of aryl methyl sites for hydroxylation is 2. The van der Waals surface area contributed by atoms with Gasteiger partial charge in [-0.15, -0.1) is 0 Å². The predicted molar refractivity (Wildman–Crippen MR) is 163 cm³/mol. The van der Waals surface area contributed by atoms with Gasteiger partial charge >= 0.3 is 12.1 Å². The number of aromatic nitrogens is 2. The number of imidazole rings is 1. The van der Waals surface area contributed by atoms with Crippen molar-refractivity contribution in [3.05, 3.63) is 83.4 Å². The lowest BCUT2D eigenvalue weighted by Crippen LogP contribution is -2.35. The van der Waals surface area contributed by atoms with Gasteiger partial charge in [0.15, 0.2) is 0 Å². The monoisotopic (exact) mass is 631 g/mol. The van der Waals surface area contributed by atoms with Crippen LogP contribution in [0.25, 0.3) is 11.0 Å². The normalized spacial score (nSPS) is 18.3. The number of carboxylic acids is 1. The third-order valence-electron chi connectivity index (χ3n) is 7.72. The molecule has 13 heteroatoms. The molecule has 44 heavy (non-hydrogen) atoms. The zero-order valence-corrected chi connectivity index (χ0v) is 25.1. The molecule has 0 spiro atoms. The molecule has 0 saturated heterocycles. The van der Waals surface area contributed by atoms with Gasteiger partial charge in [-0.25, -0.2) is 9.37 Å². The number of carboxylic acid groups (broad SMARTS) is 1. The Morgan fingerprint density at radius 1 is 1.14 bits per heavy atom. The Kier molecular flexibility index (Phi) is 10.2. The standard InChI is InChI=1S/C23H28N4O2S.C8H5F4NO/c1-14-25-21-13-18(9-11-22(21)26(14)2)30-27(3)17-7-4-15(5-8-17)20-12-16(24)6-10-19(20)23(28)29;9-6-3-5(8(10,11)12)1-2-7(6)13-4-14/h4-5,7-9,11,13,16,19-20H,6,10,12,24H2,1-3H3,(H,28,29);1-4H,(H,13,14)/t16?,19?,20-;/m0./s1. The topological polar surface area (TPSA) is 113 Å². The van der Waals surface area contributed by atoms with E-state index >= 15 is 0 Å². The average Bonchev–Trinajstić information content (AvgIpc) is 3.26. The Morgan fingerprint density at radius 2 is 1.84 bits per heavy atom. The van der Waals surface area contributed by atoms with Gasteiger partial charge in [0.25, 0.3) is 0 Å². The number of alkyl halides is 3. The van der Waals surface area contributed by atoms with Gasteiger partial charge in [-0.1, -0.05) is 12.1 Å². The molecule has 1 fully saturated rings. The van der Waals surface area contributed by atoms with Gasteiger partial charge in [-0.3, -0.25) is 9.59 Å². The van der Waals surface area contributed by atoms with E-state index in [4.69, 9.17) is 5.73 Å². The Hall–Kier alpha value is -4.10. The van der Waals surface area contributed by atoms with E-state index in [-0.39, 0.29) is 30.0 Å². The second-order valence-electron chi connectivity index (χ2n) is 10.6. The van der Waals surface area contributed by atoms with Crippen LogP contribution in [0.2, 0.25) is 0 Å². The third kappa shape index (κ3) is 7.69. The largest absolute Gasteiger partial charge is 0.481 e. The van der Waals surface area contributed by atoms with Gasteiger partial charge in [0.2, 0.25) is 6.41 Å². The minimum absolute atomic E-state index is 0.0203. The summed E-state index contributed by atoms with van der Waals surface area (Å²) >= 11 is 1.64. The summed E-state index contributed by atoms with van der Waals surface area (Å²) in [4.78, 5) is 27.3. The summed E-state index contributed by atoms with van der Waals surface area (Å²) in [5.74, 6) is -1.21. The minimum atomic E-state index is -4.58. The van der Waals surface area contributed by atoms with Crippen LogP contribution in [0.15, 0.2) is 65.6 Å². The van der Waals surface area contributed by atoms with E-state index in [1.807, 2.05) is 26.3 Å². The number of halogens is 4. The number of carbonyl (C=O) groups is 2. The van der Waals surface area contributed by atoms with Crippen LogP contribution < -0.4 is 15.4 Å². The van der Waals surface area contributed by atoms with Crippen LogP contribution in [0.4, 0.5) is 28.9 Å². The number of fused-ring (bicyclic) bond motifs is 1. The molecule has 0 aliphatic heterocycles. The van der Waals surface area contributed by atoms with E-state index in [2.05, 4.69) is 56.3 Å². The van der Waals surface area contributed by atoms with Crippen molar-refractivity contribution in [2.45, 2.75) is 49.2 Å². The van der Waals surface area contributed by atoms with Crippen LogP contribution in [0.3, 0.4) is 0 Å².